The molecule has 0 aliphatic rings. The Kier molecular flexibility index (Phi) is 21.7. The summed E-state index contributed by atoms with van der Waals surface area (Å²) in [6, 6.07) is -10.8. The van der Waals surface area contributed by atoms with Crippen LogP contribution in [0.15, 0.2) is 0 Å². The van der Waals surface area contributed by atoms with Gasteiger partial charge in [0, 0.05) is 0 Å². The van der Waals surface area contributed by atoms with Crippen LogP contribution in [0, 0.1) is 0 Å². The summed E-state index contributed by atoms with van der Waals surface area (Å²) in [7, 11) is 0. The lowest BCUT2D eigenvalue weighted by Gasteiger charge is -2.26. The average molecular weight is 766 g/mol. The molecule has 0 rings (SSSR count). The number of thioether (sulfide) groups is 1. The molecule has 14 N–H and O–H groups in total. The van der Waals surface area contributed by atoms with Gasteiger partial charge in [-0.25, -0.2) is 0 Å². The fourth-order valence-electron chi connectivity index (χ4n) is 3.85. The van der Waals surface area contributed by atoms with Crippen molar-refractivity contribution in [1.82, 2.24) is 42.5 Å². The molecule has 0 saturated carbocycles. The number of amides is 8. The van der Waals surface area contributed by atoms with Gasteiger partial charge >= 0.3 is 5.97 Å². The van der Waals surface area contributed by atoms with Crippen molar-refractivity contribution in [2.75, 3.05) is 31.8 Å². The van der Waals surface area contributed by atoms with Crippen LogP contribution in [0.25, 0.3) is 0 Å². The molecule has 0 heterocycles. The number of nitrogens with two attached hydrogens (primary N) is 1. The quantitative estimate of drug-likeness (QED) is 0.0460. The van der Waals surface area contributed by atoms with E-state index in [0.717, 1.165) is 13.8 Å². The van der Waals surface area contributed by atoms with E-state index in [1.165, 1.54) is 32.5 Å². The Balaban J connectivity index is 5.18. The highest BCUT2D eigenvalue weighted by Gasteiger charge is 2.33. The molecule has 8 amide bonds. The lowest BCUT2D eigenvalue weighted by Crippen LogP contribution is -2.62. The highest BCUT2D eigenvalue weighted by Crippen LogP contribution is 2.03. The molecule has 9 atom stereocenters. The zero-order chi connectivity index (χ0) is 40.3. The van der Waals surface area contributed by atoms with E-state index in [9.17, 15) is 58.5 Å². The van der Waals surface area contributed by atoms with Gasteiger partial charge in [-0.15, -0.1) is 0 Å². The number of carboxylic acids is 1. The van der Waals surface area contributed by atoms with Gasteiger partial charge in [-0.05, 0) is 53.0 Å². The SMILES string of the molecule is CSCC[C@H](NC(=O)[C@H](C)N)C(=O)N[C@@H](C)C(=O)NCC(=O)N[C@@H](C)C(=O)N[C@@H](CO)C(=O)N[C@H](C(=O)N[C@@H](CO)C(=O)N[C@@H](C)C(=O)O)[C@@H](C)O. The fourth-order valence-corrected chi connectivity index (χ4v) is 4.32. The molecule has 52 heavy (non-hydrogen) atoms. The molecule has 0 radical (unpaired) electrons. The molecule has 0 saturated heterocycles. The van der Waals surface area contributed by atoms with Crippen LogP contribution < -0.4 is 48.3 Å². The molecule has 0 aliphatic heterocycles. The second-order valence-corrected chi connectivity index (χ2v) is 12.6. The summed E-state index contributed by atoms with van der Waals surface area (Å²) >= 11 is 1.44. The van der Waals surface area contributed by atoms with Crippen molar-refractivity contribution in [2.45, 2.75) is 95.5 Å². The molecule has 0 aliphatic carbocycles. The summed E-state index contributed by atoms with van der Waals surface area (Å²) in [4.78, 5) is 111. The van der Waals surface area contributed by atoms with E-state index in [2.05, 4.69) is 37.2 Å². The first-order valence-corrected chi connectivity index (χ1v) is 17.4. The minimum atomic E-state index is -1.78. The lowest BCUT2D eigenvalue weighted by atomic mass is 10.1. The molecule has 0 aromatic carbocycles. The maximum absolute atomic E-state index is 12.8. The van der Waals surface area contributed by atoms with Crippen molar-refractivity contribution in [3.8, 4) is 0 Å². The molecule has 22 nitrogen and oxygen atoms in total. The number of hydrogen-bond donors (Lipinski definition) is 13. The highest BCUT2D eigenvalue weighted by molar-refractivity contribution is 7.98. The summed E-state index contributed by atoms with van der Waals surface area (Å²) in [6.45, 7) is 3.61. The van der Waals surface area contributed by atoms with Crippen LogP contribution in [0.5, 0.6) is 0 Å². The standard InChI is InChI=1S/C29H51N9O13S/c1-12(30)22(43)35-17(7-8-52-6)25(46)33-13(2)23(44)31-9-20(42)32-14(3)24(45)36-19(11-40)27(48)38-21(16(5)41)28(49)37-18(10-39)26(47)34-15(4)29(50)51/h12-19,21,39-41H,7-11,30H2,1-6H3,(H,31,44)(H,32,42)(H,33,46)(H,34,47)(H,35,43)(H,36,45)(H,37,49)(H,38,48)(H,50,51)/t12-,13-,14-,15-,16+,17-,18-,19-,21-/m0/s1. The molecule has 0 fully saturated rings. The summed E-state index contributed by atoms with van der Waals surface area (Å²) in [6.07, 6.45) is 0.468. The van der Waals surface area contributed by atoms with Crippen LogP contribution in [-0.4, -0.2) is 160 Å². The molecule has 0 bridgehead atoms. The number of carbonyl (C=O) groups is 9. The third kappa shape index (κ3) is 17.1. The normalized spacial score (nSPS) is 16.0. The van der Waals surface area contributed by atoms with Crippen LogP contribution in [0.4, 0.5) is 0 Å². The van der Waals surface area contributed by atoms with Gasteiger partial charge in [0.2, 0.25) is 47.3 Å². The Morgan fingerprint density at radius 2 is 1.06 bits per heavy atom. The summed E-state index contributed by atoms with van der Waals surface area (Å²) < 4.78 is 0. The molecule has 23 heteroatoms. The van der Waals surface area contributed by atoms with Crippen LogP contribution >= 0.6 is 11.8 Å². The maximum Gasteiger partial charge on any atom is 0.325 e. The van der Waals surface area contributed by atoms with E-state index >= 15 is 0 Å². The first-order chi connectivity index (χ1) is 24.2. The number of aliphatic carboxylic acids is 1. The zero-order valence-corrected chi connectivity index (χ0v) is 30.5. The Morgan fingerprint density at radius 3 is 1.54 bits per heavy atom. The Morgan fingerprint density at radius 1 is 0.596 bits per heavy atom. The van der Waals surface area contributed by atoms with E-state index in [1.807, 2.05) is 11.6 Å². The van der Waals surface area contributed by atoms with Crippen molar-refractivity contribution in [3.63, 3.8) is 0 Å². The first kappa shape index (κ1) is 47.4. The van der Waals surface area contributed by atoms with Crippen molar-refractivity contribution in [2.24, 2.45) is 5.73 Å². The Hall–Kier alpha value is -4.58. The van der Waals surface area contributed by atoms with E-state index < -0.39 is 127 Å². The van der Waals surface area contributed by atoms with Gasteiger partial charge in [0.1, 0.15) is 42.3 Å². The number of rotatable bonds is 23. The second kappa shape index (κ2) is 23.8. The van der Waals surface area contributed by atoms with Gasteiger partial charge in [-0.1, -0.05) is 0 Å². The predicted molar refractivity (Wildman–Crippen MR) is 184 cm³/mol. The van der Waals surface area contributed by atoms with Gasteiger partial charge in [0.05, 0.1) is 31.9 Å². The summed E-state index contributed by atoms with van der Waals surface area (Å²) in [5.41, 5.74) is 5.55. The molecule has 0 spiro atoms. The monoisotopic (exact) mass is 765 g/mol. The maximum atomic E-state index is 12.8. The lowest BCUT2D eigenvalue weighted by molar-refractivity contribution is -0.142. The van der Waals surface area contributed by atoms with Crippen LogP contribution in [0.2, 0.25) is 0 Å². The molecule has 0 unspecified atom stereocenters. The minimum Gasteiger partial charge on any atom is -0.480 e. The predicted octanol–water partition coefficient (Wildman–Crippen LogP) is -6.89. The zero-order valence-electron chi connectivity index (χ0n) is 29.7. The first-order valence-electron chi connectivity index (χ1n) is 16.0. The minimum absolute atomic E-state index is 0.263. The number of hydrogen-bond acceptors (Lipinski definition) is 14. The summed E-state index contributed by atoms with van der Waals surface area (Å²) in [5, 5.41) is 56.1. The van der Waals surface area contributed by atoms with Gasteiger partial charge in [0.25, 0.3) is 0 Å². The van der Waals surface area contributed by atoms with Crippen LogP contribution in [-0.2, 0) is 43.2 Å². The Bertz CT molecular complexity index is 1290. The highest BCUT2D eigenvalue weighted by atomic mass is 32.2. The summed E-state index contributed by atoms with van der Waals surface area (Å²) in [5.74, 6) is -8.10. The average Bonchev–Trinajstić information content (AvgIpc) is 3.07. The molecule has 0 aromatic heterocycles. The van der Waals surface area contributed by atoms with Crippen molar-refractivity contribution < 1.29 is 63.6 Å². The van der Waals surface area contributed by atoms with Crippen LogP contribution in [0.1, 0.15) is 41.0 Å². The molecular formula is C29H51N9O13S. The number of carbonyl (C=O) groups excluding carboxylic acids is 8. The number of nitrogens with one attached hydrogen (secondary N) is 8. The van der Waals surface area contributed by atoms with E-state index in [-0.39, 0.29) is 6.42 Å². The number of carboxylic acid groups (broad SMARTS) is 1. The Labute approximate surface area is 303 Å². The third-order valence-electron chi connectivity index (χ3n) is 7.03. The molecular weight excluding hydrogens is 714 g/mol. The van der Waals surface area contributed by atoms with Gasteiger partial charge in [-0.2, -0.15) is 11.8 Å². The van der Waals surface area contributed by atoms with Gasteiger partial charge in [0.15, 0.2) is 0 Å². The van der Waals surface area contributed by atoms with Crippen molar-refractivity contribution in [3.05, 3.63) is 0 Å². The van der Waals surface area contributed by atoms with Gasteiger partial charge < -0.3 is 68.7 Å². The van der Waals surface area contributed by atoms with Crippen molar-refractivity contribution in [1.29, 1.82) is 0 Å². The van der Waals surface area contributed by atoms with E-state index in [0.29, 0.717) is 5.75 Å². The molecule has 0 aromatic rings. The van der Waals surface area contributed by atoms with E-state index in [4.69, 9.17) is 10.8 Å². The molecule has 296 valence electrons. The topological polar surface area (TPSA) is 357 Å². The van der Waals surface area contributed by atoms with Crippen molar-refractivity contribution >= 4 is 65.0 Å². The second-order valence-electron chi connectivity index (χ2n) is 11.7. The number of aliphatic hydroxyl groups is 3. The third-order valence-corrected chi connectivity index (χ3v) is 7.67. The van der Waals surface area contributed by atoms with E-state index in [1.54, 1.807) is 0 Å². The van der Waals surface area contributed by atoms with Gasteiger partial charge in [-0.3, -0.25) is 43.2 Å². The number of aliphatic hydroxyl groups excluding tert-OH is 3. The van der Waals surface area contributed by atoms with Crippen LogP contribution in [0.3, 0.4) is 0 Å². The smallest absolute Gasteiger partial charge is 0.325 e. The fraction of sp³-hybridized carbons (Fsp3) is 0.690. The largest absolute Gasteiger partial charge is 0.480 e.